The van der Waals surface area contributed by atoms with Crippen molar-refractivity contribution in [2.45, 2.75) is 32.2 Å². The molecule has 0 unspecified atom stereocenters. The van der Waals surface area contributed by atoms with Crippen molar-refractivity contribution in [1.82, 2.24) is 9.88 Å². The Kier molecular flexibility index (Phi) is 3.88. The largest absolute Gasteiger partial charge is 0.308 e. The Morgan fingerprint density at radius 1 is 1.22 bits per heavy atom. The minimum absolute atomic E-state index is 0.0986. The van der Waals surface area contributed by atoms with E-state index < -0.39 is 0 Å². The topological polar surface area (TPSA) is 88.3 Å². The van der Waals surface area contributed by atoms with Crippen molar-refractivity contribution >= 4 is 17.6 Å². The van der Waals surface area contributed by atoms with Crippen LogP contribution in [-0.4, -0.2) is 21.7 Å². The third-order valence-corrected chi connectivity index (χ3v) is 2.95. The van der Waals surface area contributed by atoms with E-state index in [4.69, 9.17) is 5.84 Å². The molecule has 0 aliphatic carbocycles. The molecular formula is C12H16N4O2. The van der Waals surface area contributed by atoms with Crippen LogP contribution in [0.25, 0.3) is 0 Å². The second kappa shape index (κ2) is 5.59. The summed E-state index contributed by atoms with van der Waals surface area (Å²) in [7, 11) is 0. The van der Waals surface area contributed by atoms with Crippen molar-refractivity contribution in [2.24, 2.45) is 5.84 Å². The average molecular weight is 248 g/mol. The standard InChI is InChI=1S/C12H16N4O2/c13-15-10-6-5-9(7-14-10)8-16-11(17)3-1-2-4-12(16)18/h5-7H,1-4,8,13H2,(H,14,15). The molecule has 0 spiro atoms. The summed E-state index contributed by atoms with van der Waals surface area (Å²) in [6, 6.07) is 3.51. The number of hydrazine groups is 1. The molecule has 1 aromatic rings. The highest BCUT2D eigenvalue weighted by atomic mass is 16.2. The number of imide groups is 1. The molecule has 1 aliphatic rings. The number of amides is 2. The first-order valence-corrected chi connectivity index (χ1v) is 5.95. The van der Waals surface area contributed by atoms with Crippen LogP contribution in [0.15, 0.2) is 18.3 Å². The van der Waals surface area contributed by atoms with Gasteiger partial charge in [-0.1, -0.05) is 6.07 Å². The number of carbonyl (C=O) groups is 2. The number of hydrogen-bond donors (Lipinski definition) is 2. The number of pyridine rings is 1. The van der Waals surface area contributed by atoms with Crippen LogP contribution in [0.1, 0.15) is 31.2 Å². The Bertz CT molecular complexity index is 426. The highest BCUT2D eigenvalue weighted by Crippen LogP contribution is 2.16. The van der Waals surface area contributed by atoms with Crippen molar-refractivity contribution in [3.8, 4) is 0 Å². The zero-order valence-corrected chi connectivity index (χ0v) is 10.1. The third-order valence-electron chi connectivity index (χ3n) is 2.95. The molecule has 6 nitrogen and oxygen atoms in total. The van der Waals surface area contributed by atoms with Gasteiger partial charge in [-0.25, -0.2) is 10.8 Å². The molecule has 0 atom stereocenters. The van der Waals surface area contributed by atoms with Crippen LogP contribution < -0.4 is 11.3 Å². The van der Waals surface area contributed by atoms with Gasteiger partial charge in [0.15, 0.2) is 0 Å². The molecule has 0 bridgehead atoms. The van der Waals surface area contributed by atoms with Gasteiger partial charge in [0, 0.05) is 19.0 Å². The number of likely N-dealkylation sites (tertiary alicyclic amines) is 1. The lowest BCUT2D eigenvalue weighted by Gasteiger charge is -2.18. The van der Waals surface area contributed by atoms with Gasteiger partial charge in [0.1, 0.15) is 5.82 Å². The summed E-state index contributed by atoms with van der Waals surface area (Å²) in [5, 5.41) is 0. The van der Waals surface area contributed by atoms with Crippen LogP contribution in [0.5, 0.6) is 0 Å². The van der Waals surface area contributed by atoms with Crippen LogP contribution >= 0.6 is 0 Å². The van der Waals surface area contributed by atoms with E-state index in [-0.39, 0.29) is 18.4 Å². The molecule has 2 rings (SSSR count). The number of nitrogens with one attached hydrogen (secondary N) is 1. The monoisotopic (exact) mass is 248 g/mol. The zero-order chi connectivity index (χ0) is 13.0. The molecular weight excluding hydrogens is 232 g/mol. The van der Waals surface area contributed by atoms with Gasteiger partial charge in [0.25, 0.3) is 0 Å². The number of nitrogen functional groups attached to an aromatic ring is 1. The van der Waals surface area contributed by atoms with E-state index in [0.29, 0.717) is 18.7 Å². The minimum Gasteiger partial charge on any atom is -0.308 e. The highest BCUT2D eigenvalue weighted by molar-refractivity contribution is 5.95. The maximum absolute atomic E-state index is 11.8. The first-order valence-electron chi connectivity index (χ1n) is 5.95. The molecule has 1 aromatic heterocycles. The van der Waals surface area contributed by atoms with Gasteiger partial charge in [-0.05, 0) is 24.5 Å². The number of carbonyl (C=O) groups excluding carboxylic acids is 2. The van der Waals surface area contributed by atoms with E-state index in [1.165, 1.54) is 4.90 Å². The Morgan fingerprint density at radius 3 is 2.39 bits per heavy atom. The second-order valence-corrected chi connectivity index (χ2v) is 4.28. The molecule has 2 amide bonds. The lowest BCUT2D eigenvalue weighted by molar-refractivity contribution is -0.144. The minimum atomic E-state index is -0.0986. The maximum Gasteiger partial charge on any atom is 0.229 e. The van der Waals surface area contributed by atoms with Crippen molar-refractivity contribution < 1.29 is 9.59 Å². The number of aromatic nitrogens is 1. The van der Waals surface area contributed by atoms with Gasteiger partial charge in [-0.2, -0.15) is 0 Å². The van der Waals surface area contributed by atoms with Gasteiger partial charge in [-0.15, -0.1) is 0 Å². The van der Waals surface area contributed by atoms with Gasteiger partial charge >= 0.3 is 0 Å². The Morgan fingerprint density at radius 2 is 1.89 bits per heavy atom. The SMILES string of the molecule is NNc1ccc(CN2C(=O)CCCCC2=O)cn1. The molecule has 6 heteroatoms. The summed E-state index contributed by atoms with van der Waals surface area (Å²) in [4.78, 5) is 29.0. The predicted molar refractivity (Wildman–Crippen MR) is 66.1 cm³/mol. The van der Waals surface area contributed by atoms with Gasteiger partial charge in [-0.3, -0.25) is 14.5 Å². The third kappa shape index (κ3) is 2.84. The fourth-order valence-corrected chi connectivity index (χ4v) is 1.92. The summed E-state index contributed by atoms with van der Waals surface area (Å²) in [6.07, 6.45) is 4.08. The number of anilines is 1. The van der Waals surface area contributed by atoms with Crippen LogP contribution in [0.3, 0.4) is 0 Å². The normalized spacial score (nSPS) is 16.6. The Balaban J connectivity index is 2.10. The summed E-state index contributed by atoms with van der Waals surface area (Å²) < 4.78 is 0. The van der Waals surface area contributed by atoms with E-state index in [1.807, 2.05) is 0 Å². The van der Waals surface area contributed by atoms with Gasteiger partial charge < -0.3 is 5.43 Å². The zero-order valence-electron chi connectivity index (χ0n) is 10.1. The molecule has 1 saturated heterocycles. The molecule has 3 N–H and O–H groups in total. The first-order chi connectivity index (χ1) is 8.70. The Hall–Kier alpha value is -1.95. The van der Waals surface area contributed by atoms with E-state index >= 15 is 0 Å². The number of hydrogen-bond acceptors (Lipinski definition) is 5. The maximum atomic E-state index is 11.8. The summed E-state index contributed by atoms with van der Waals surface area (Å²) in [5.74, 6) is 5.57. The number of rotatable bonds is 3. The molecule has 96 valence electrons. The van der Waals surface area contributed by atoms with Crippen molar-refractivity contribution in [2.75, 3.05) is 5.43 Å². The fourth-order valence-electron chi connectivity index (χ4n) is 1.92. The molecule has 2 heterocycles. The quantitative estimate of drug-likeness (QED) is 0.469. The predicted octanol–water partition coefficient (Wildman–Crippen LogP) is 0.796. The lowest BCUT2D eigenvalue weighted by atomic mass is 10.2. The van der Waals surface area contributed by atoms with Crippen LogP contribution in [-0.2, 0) is 16.1 Å². The molecule has 0 aromatic carbocycles. The Labute approximate surface area is 105 Å². The van der Waals surface area contributed by atoms with E-state index in [1.54, 1.807) is 18.3 Å². The second-order valence-electron chi connectivity index (χ2n) is 4.28. The summed E-state index contributed by atoms with van der Waals surface area (Å²) in [6.45, 7) is 0.287. The highest BCUT2D eigenvalue weighted by Gasteiger charge is 2.23. The van der Waals surface area contributed by atoms with E-state index in [2.05, 4.69) is 10.4 Å². The smallest absolute Gasteiger partial charge is 0.229 e. The van der Waals surface area contributed by atoms with Crippen molar-refractivity contribution in [1.29, 1.82) is 0 Å². The molecule has 1 fully saturated rings. The van der Waals surface area contributed by atoms with E-state index in [9.17, 15) is 9.59 Å². The molecule has 0 radical (unpaired) electrons. The molecule has 1 aliphatic heterocycles. The van der Waals surface area contributed by atoms with Crippen molar-refractivity contribution in [3.05, 3.63) is 23.9 Å². The van der Waals surface area contributed by atoms with E-state index in [0.717, 1.165) is 18.4 Å². The van der Waals surface area contributed by atoms with Gasteiger partial charge in [0.2, 0.25) is 11.8 Å². The molecule has 18 heavy (non-hydrogen) atoms. The number of nitrogens with two attached hydrogens (primary N) is 1. The summed E-state index contributed by atoms with van der Waals surface area (Å²) >= 11 is 0. The van der Waals surface area contributed by atoms with Gasteiger partial charge in [0.05, 0.1) is 6.54 Å². The first kappa shape index (κ1) is 12.5. The average Bonchev–Trinajstić information content (AvgIpc) is 2.55. The lowest BCUT2D eigenvalue weighted by Crippen LogP contribution is -2.34. The molecule has 0 saturated carbocycles. The van der Waals surface area contributed by atoms with Crippen LogP contribution in [0, 0.1) is 0 Å². The van der Waals surface area contributed by atoms with Crippen LogP contribution in [0.2, 0.25) is 0 Å². The van der Waals surface area contributed by atoms with Crippen molar-refractivity contribution in [3.63, 3.8) is 0 Å². The summed E-state index contributed by atoms with van der Waals surface area (Å²) in [5.41, 5.74) is 3.24. The fraction of sp³-hybridized carbons (Fsp3) is 0.417. The van der Waals surface area contributed by atoms with Crippen LogP contribution in [0.4, 0.5) is 5.82 Å². The number of nitrogens with zero attached hydrogens (tertiary/aromatic N) is 2.